The van der Waals surface area contributed by atoms with Crippen LogP contribution in [0, 0.1) is 24.4 Å². The monoisotopic (exact) mass is 402 g/mol. The zero-order valence-corrected chi connectivity index (χ0v) is 15.9. The SMILES string of the molecule is Cc1nnc2ncc3c(n12)CN([C@H]1CC[C@H](c2cc(F)c(F)cc2F)[C@@H](N)C1)C3. The maximum atomic E-state index is 14.2. The molecule has 1 fully saturated rings. The van der Waals surface area contributed by atoms with Gasteiger partial charge in [-0.2, -0.15) is 0 Å². The van der Waals surface area contributed by atoms with Crippen molar-refractivity contribution in [1.29, 1.82) is 0 Å². The maximum absolute atomic E-state index is 14.2. The molecule has 152 valence electrons. The molecule has 2 N–H and O–H groups in total. The van der Waals surface area contributed by atoms with Crippen LogP contribution < -0.4 is 5.73 Å². The lowest BCUT2D eigenvalue weighted by molar-refractivity contribution is 0.136. The molecule has 9 heteroatoms. The highest BCUT2D eigenvalue weighted by atomic mass is 19.2. The van der Waals surface area contributed by atoms with Crippen molar-refractivity contribution in [3.05, 3.63) is 58.4 Å². The summed E-state index contributed by atoms with van der Waals surface area (Å²) in [6.07, 6.45) is 3.94. The van der Waals surface area contributed by atoms with Crippen molar-refractivity contribution in [2.24, 2.45) is 5.73 Å². The molecule has 0 unspecified atom stereocenters. The number of halogens is 3. The second kappa shape index (κ2) is 6.77. The Morgan fingerprint density at radius 1 is 1.03 bits per heavy atom. The number of fused-ring (bicyclic) bond motifs is 3. The van der Waals surface area contributed by atoms with Crippen LogP contribution in [0.2, 0.25) is 0 Å². The Labute approximate surface area is 165 Å². The van der Waals surface area contributed by atoms with Crippen molar-refractivity contribution in [3.63, 3.8) is 0 Å². The first-order chi connectivity index (χ1) is 13.9. The topological polar surface area (TPSA) is 72.3 Å². The van der Waals surface area contributed by atoms with Crippen LogP contribution in [0.4, 0.5) is 13.2 Å². The first-order valence-corrected chi connectivity index (χ1v) is 9.75. The molecule has 0 spiro atoms. The van der Waals surface area contributed by atoms with Crippen LogP contribution in [0.15, 0.2) is 18.3 Å². The summed E-state index contributed by atoms with van der Waals surface area (Å²) in [4.78, 5) is 6.73. The summed E-state index contributed by atoms with van der Waals surface area (Å²) in [5.41, 5.74) is 8.83. The van der Waals surface area contributed by atoms with E-state index in [4.69, 9.17) is 5.73 Å². The Morgan fingerprint density at radius 3 is 2.62 bits per heavy atom. The van der Waals surface area contributed by atoms with Gasteiger partial charge < -0.3 is 5.73 Å². The second-order valence-electron chi connectivity index (χ2n) is 8.04. The highest BCUT2D eigenvalue weighted by Crippen LogP contribution is 2.38. The van der Waals surface area contributed by atoms with Gasteiger partial charge in [0.15, 0.2) is 11.6 Å². The molecule has 0 radical (unpaired) electrons. The Kier molecular flexibility index (Phi) is 4.32. The number of nitrogens with two attached hydrogens (primary N) is 1. The molecule has 29 heavy (non-hydrogen) atoms. The third-order valence-corrected chi connectivity index (χ3v) is 6.34. The van der Waals surface area contributed by atoms with Crippen LogP contribution in [0.1, 0.15) is 47.8 Å². The fraction of sp³-hybridized carbons (Fsp3) is 0.450. The van der Waals surface area contributed by atoms with Gasteiger partial charge in [-0.1, -0.05) is 0 Å². The van der Waals surface area contributed by atoms with Gasteiger partial charge in [-0.05, 0) is 37.8 Å². The van der Waals surface area contributed by atoms with Crippen molar-refractivity contribution in [1.82, 2.24) is 24.5 Å². The van der Waals surface area contributed by atoms with Gasteiger partial charge in [0.1, 0.15) is 11.6 Å². The standard InChI is InChI=1S/C20H21F3N6/c1-10-26-27-20-25-7-11-8-28(9-19(11)29(10)20)12-2-3-13(18(24)4-12)14-5-16(22)17(23)6-15(14)21/h5-7,12-13,18H,2-4,8-9,24H2,1H3/t12-,13+,18-/m0/s1. The third-order valence-electron chi connectivity index (χ3n) is 6.34. The summed E-state index contributed by atoms with van der Waals surface area (Å²) in [6.45, 7) is 3.41. The number of aryl methyl sites for hydroxylation is 1. The predicted octanol–water partition coefficient (Wildman–Crippen LogP) is 2.83. The number of aromatic nitrogens is 4. The molecular weight excluding hydrogens is 381 g/mol. The van der Waals surface area contributed by atoms with Gasteiger partial charge in [-0.25, -0.2) is 18.2 Å². The molecule has 0 saturated heterocycles. The lowest BCUT2D eigenvalue weighted by atomic mass is 9.77. The summed E-state index contributed by atoms with van der Waals surface area (Å²) in [5, 5.41) is 8.19. The smallest absolute Gasteiger partial charge is 0.255 e. The van der Waals surface area contributed by atoms with Gasteiger partial charge in [0, 0.05) is 54.6 Å². The molecule has 0 amide bonds. The van der Waals surface area contributed by atoms with Crippen LogP contribution in [0.3, 0.4) is 0 Å². The average molecular weight is 402 g/mol. The fourth-order valence-electron chi connectivity index (χ4n) is 4.86. The summed E-state index contributed by atoms with van der Waals surface area (Å²) in [7, 11) is 0. The average Bonchev–Trinajstić information content (AvgIpc) is 3.28. The molecule has 3 aromatic rings. The molecule has 6 nitrogen and oxygen atoms in total. The van der Waals surface area contributed by atoms with Gasteiger partial charge in [0.25, 0.3) is 5.78 Å². The van der Waals surface area contributed by atoms with Crippen molar-refractivity contribution in [2.45, 2.75) is 57.3 Å². The van der Waals surface area contributed by atoms with Crippen LogP contribution in [0.25, 0.3) is 5.78 Å². The second-order valence-corrected chi connectivity index (χ2v) is 8.04. The largest absolute Gasteiger partial charge is 0.327 e. The molecule has 1 aromatic carbocycles. The van der Waals surface area contributed by atoms with E-state index in [0.29, 0.717) is 24.7 Å². The van der Waals surface area contributed by atoms with E-state index in [2.05, 4.69) is 20.1 Å². The van der Waals surface area contributed by atoms with E-state index in [0.717, 1.165) is 42.7 Å². The highest BCUT2D eigenvalue weighted by Gasteiger charge is 2.36. The minimum atomic E-state index is -1.17. The number of benzene rings is 1. The number of hydrogen-bond acceptors (Lipinski definition) is 5. The Morgan fingerprint density at radius 2 is 1.83 bits per heavy atom. The molecule has 1 aliphatic heterocycles. The lowest BCUT2D eigenvalue weighted by Gasteiger charge is -2.38. The first kappa shape index (κ1) is 18.5. The van der Waals surface area contributed by atoms with Crippen molar-refractivity contribution in [3.8, 4) is 0 Å². The van der Waals surface area contributed by atoms with E-state index in [-0.39, 0.29) is 23.6 Å². The van der Waals surface area contributed by atoms with Crippen LogP contribution in [0.5, 0.6) is 0 Å². The van der Waals surface area contributed by atoms with E-state index in [1.54, 1.807) is 0 Å². The Balaban J connectivity index is 1.35. The summed E-state index contributed by atoms with van der Waals surface area (Å²) >= 11 is 0. The van der Waals surface area contributed by atoms with E-state index in [1.807, 2.05) is 17.5 Å². The van der Waals surface area contributed by atoms with Crippen LogP contribution in [-0.4, -0.2) is 36.6 Å². The van der Waals surface area contributed by atoms with Crippen LogP contribution >= 0.6 is 0 Å². The molecule has 0 bridgehead atoms. The van der Waals surface area contributed by atoms with Gasteiger partial charge in [-0.3, -0.25) is 9.30 Å². The maximum Gasteiger partial charge on any atom is 0.255 e. The zero-order chi connectivity index (χ0) is 20.3. The molecule has 3 heterocycles. The summed E-state index contributed by atoms with van der Waals surface area (Å²) < 4.78 is 43.1. The molecule has 2 aliphatic rings. The van der Waals surface area contributed by atoms with E-state index in [1.165, 1.54) is 0 Å². The summed E-state index contributed by atoms with van der Waals surface area (Å²) in [6, 6.07) is 1.47. The number of rotatable bonds is 2. The predicted molar refractivity (Wildman–Crippen MR) is 99.4 cm³/mol. The molecular formula is C20H21F3N6. The van der Waals surface area contributed by atoms with E-state index in [9.17, 15) is 13.2 Å². The van der Waals surface area contributed by atoms with Crippen molar-refractivity contribution < 1.29 is 13.2 Å². The molecule has 2 aromatic heterocycles. The van der Waals surface area contributed by atoms with Crippen LogP contribution in [-0.2, 0) is 13.1 Å². The third kappa shape index (κ3) is 3.00. The Hall–Kier alpha value is -2.52. The van der Waals surface area contributed by atoms with Gasteiger partial charge in [-0.15, -0.1) is 10.2 Å². The molecule has 1 aliphatic carbocycles. The lowest BCUT2D eigenvalue weighted by Crippen LogP contribution is -2.44. The summed E-state index contributed by atoms with van der Waals surface area (Å²) in [5.74, 6) is -1.86. The van der Waals surface area contributed by atoms with E-state index < -0.39 is 17.5 Å². The van der Waals surface area contributed by atoms with Gasteiger partial charge >= 0.3 is 0 Å². The fourth-order valence-corrected chi connectivity index (χ4v) is 4.86. The molecule has 1 saturated carbocycles. The van der Waals surface area contributed by atoms with Crippen molar-refractivity contribution >= 4 is 5.78 Å². The minimum Gasteiger partial charge on any atom is -0.327 e. The van der Waals surface area contributed by atoms with Gasteiger partial charge in [0.2, 0.25) is 0 Å². The molecule has 3 atom stereocenters. The zero-order valence-electron chi connectivity index (χ0n) is 15.9. The quantitative estimate of drug-likeness (QED) is 0.668. The Bertz CT molecular complexity index is 1100. The normalized spacial score (nSPS) is 24.9. The van der Waals surface area contributed by atoms with Crippen molar-refractivity contribution in [2.75, 3.05) is 0 Å². The van der Waals surface area contributed by atoms with Gasteiger partial charge in [0.05, 0.1) is 0 Å². The highest BCUT2D eigenvalue weighted by molar-refractivity contribution is 5.36. The minimum absolute atomic E-state index is 0.172. The number of nitrogens with zero attached hydrogens (tertiary/aromatic N) is 5. The molecule has 5 rings (SSSR count). The number of hydrogen-bond donors (Lipinski definition) is 1. The first-order valence-electron chi connectivity index (χ1n) is 9.75. The van der Waals surface area contributed by atoms with E-state index >= 15 is 0 Å².